The van der Waals surface area contributed by atoms with E-state index in [-0.39, 0.29) is 22.4 Å². The number of para-hydroxylation sites is 1. The van der Waals surface area contributed by atoms with Crippen LogP contribution in [0.15, 0.2) is 83.3 Å². The van der Waals surface area contributed by atoms with Crippen LogP contribution < -0.4 is 9.64 Å². The van der Waals surface area contributed by atoms with Crippen LogP contribution in [0.2, 0.25) is 5.02 Å². The van der Waals surface area contributed by atoms with Crippen molar-refractivity contribution in [1.29, 1.82) is 0 Å². The van der Waals surface area contributed by atoms with Crippen LogP contribution in [0.4, 0.5) is 32.0 Å². The number of anilines is 1. The largest absolute Gasteiger partial charge is 0.573 e. The van der Waals surface area contributed by atoms with Crippen molar-refractivity contribution in [2.75, 3.05) is 17.2 Å². The van der Waals surface area contributed by atoms with Crippen molar-refractivity contribution in [1.82, 2.24) is 14.8 Å². The number of thioether (sulfide) groups is 1. The Morgan fingerprint density at radius 1 is 1.00 bits per heavy atom. The summed E-state index contributed by atoms with van der Waals surface area (Å²) < 4.78 is 83.8. The number of halogens is 7. The summed E-state index contributed by atoms with van der Waals surface area (Å²) in [6.45, 7) is 2.24. The number of hydrogen-bond donors (Lipinski definition) is 0. The minimum absolute atomic E-state index is 0.0275. The highest BCUT2D eigenvalue weighted by atomic mass is 35.5. The number of ether oxygens (including phenoxy) is 1. The molecule has 0 saturated carbocycles. The number of hydrogen-bond acceptors (Lipinski definition) is 6. The van der Waals surface area contributed by atoms with Gasteiger partial charge in [-0.3, -0.25) is 0 Å². The molecule has 1 aliphatic heterocycles. The standard InChI is InChI=1S/C28H21ClF6N6OS/c1-17-14-40(24-22(27(30,31)32)3-2-4-23(24)29)26(43-15-17)38-37-13-18-5-7-19(8-6-18)25-36-16-41(39-25)20-9-11-21(12-10-20)42-28(33,34)35/h2-13,16-17H,14-15H2,1H3/b37-13+,38-26-. The molecular weight excluding hydrogens is 618 g/mol. The van der Waals surface area contributed by atoms with Crippen LogP contribution in [0.5, 0.6) is 5.75 Å². The van der Waals surface area contributed by atoms with Crippen LogP contribution in [0, 0.1) is 5.92 Å². The highest BCUT2D eigenvalue weighted by molar-refractivity contribution is 8.14. The zero-order valence-electron chi connectivity index (χ0n) is 22.1. The average molecular weight is 639 g/mol. The van der Waals surface area contributed by atoms with Gasteiger partial charge in [-0.1, -0.05) is 60.6 Å². The van der Waals surface area contributed by atoms with Crippen molar-refractivity contribution >= 4 is 40.4 Å². The Kier molecular flexibility index (Phi) is 8.69. The van der Waals surface area contributed by atoms with Crippen molar-refractivity contribution in [2.45, 2.75) is 19.5 Å². The molecule has 1 saturated heterocycles. The number of nitrogens with zero attached hydrogens (tertiary/aromatic N) is 6. The molecular formula is C28H21ClF6N6OS. The first-order valence-corrected chi connectivity index (χ1v) is 14.0. The minimum Gasteiger partial charge on any atom is -0.406 e. The van der Waals surface area contributed by atoms with Gasteiger partial charge >= 0.3 is 12.5 Å². The number of alkyl halides is 6. The van der Waals surface area contributed by atoms with Gasteiger partial charge in [-0.05, 0) is 47.9 Å². The summed E-state index contributed by atoms with van der Waals surface area (Å²) in [6.07, 6.45) is -6.47. The van der Waals surface area contributed by atoms with E-state index in [1.807, 2.05) is 6.92 Å². The molecule has 0 radical (unpaired) electrons. The van der Waals surface area contributed by atoms with Crippen molar-refractivity contribution in [3.63, 3.8) is 0 Å². The van der Waals surface area contributed by atoms with Gasteiger partial charge in [-0.15, -0.1) is 23.4 Å². The average Bonchev–Trinajstić information content (AvgIpc) is 3.44. The predicted octanol–water partition coefficient (Wildman–Crippen LogP) is 8.08. The fraction of sp³-hybridized carbons (Fsp3) is 0.214. The lowest BCUT2D eigenvalue weighted by Gasteiger charge is -2.34. The lowest BCUT2D eigenvalue weighted by atomic mass is 10.1. The Labute approximate surface area is 250 Å². The number of benzene rings is 3. The second-order valence-electron chi connectivity index (χ2n) is 9.46. The van der Waals surface area contributed by atoms with Crippen molar-refractivity contribution in [3.8, 4) is 22.8 Å². The van der Waals surface area contributed by atoms with Gasteiger partial charge < -0.3 is 9.64 Å². The van der Waals surface area contributed by atoms with Gasteiger partial charge in [0.25, 0.3) is 0 Å². The summed E-state index contributed by atoms with van der Waals surface area (Å²) in [6, 6.07) is 15.9. The third-order valence-electron chi connectivity index (χ3n) is 6.13. The van der Waals surface area contributed by atoms with E-state index in [0.29, 0.717) is 40.1 Å². The maximum atomic E-state index is 13.8. The molecule has 43 heavy (non-hydrogen) atoms. The second-order valence-corrected chi connectivity index (χ2v) is 10.9. The summed E-state index contributed by atoms with van der Waals surface area (Å²) in [7, 11) is 0. The fourth-order valence-electron chi connectivity index (χ4n) is 4.21. The minimum atomic E-state index is -4.78. The Bertz CT molecular complexity index is 1640. The predicted molar refractivity (Wildman–Crippen MR) is 154 cm³/mol. The monoisotopic (exact) mass is 638 g/mol. The van der Waals surface area contributed by atoms with E-state index >= 15 is 0 Å². The van der Waals surface area contributed by atoms with E-state index in [2.05, 4.69) is 25.0 Å². The molecule has 2 heterocycles. The molecule has 0 N–H and O–H groups in total. The summed E-state index contributed by atoms with van der Waals surface area (Å²) in [5.74, 6) is 0.787. The molecule has 1 aromatic heterocycles. The topological polar surface area (TPSA) is 67.9 Å². The molecule has 0 amide bonds. The molecule has 3 aromatic carbocycles. The second kappa shape index (κ2) is 12.3. The van der Waals surface area contributed by atoms with Crippen LogP contribution in [0.1, 0.15) is 18.1 Å². The third kappa shape index (κ3) is 7.49. The van der Waals surface area contributed by atoms with Gasteiger partial charge in [0.2, 0.25) is 0 Å². The van der Waals surface area contributed by atoms with Gasteiger partial charge in [0.1, 0.15) is 12.1 Å². The molecule has 1 aliphatic rings. The van der Waals surface area contributed by atoms with E-state index in [0.717, 1.165) is 6.07 Å². The van der Waals surface area contributed by atoms with E-state index in [4.69, 9.17) is 11.6 Å². The van der Waals surface area contributed by atoms with Crippen LogP contribution in [-0.2, 0) is 6.18 Å². The molecule has 4 aromatic rings. The summed E-state index contributed by atoms with van der Waals surface area (Å²) in [5.41, 5.74) is 0.833. The first-order valence-electron chi connectivity index (χ1n) is 12.6. The lowest BCUT2D eigenvalue weighted by molar-refractivity contribution is -0.274. The van der Waals surface area contributed by atoms with Gasteiger partial charge in [-0.25, -0.2) is 9.67 Å². The highest BCUT2D eigenvalue weighted by Gasteiger charge is 2.38. The normalized spacial score (nSPS) is 17.2. The van der Waals surface area contributed by atoms with Crippen molar-refractivity contribution < 1.29 is 31.1 Å². The zero-order chi connectivity index (χ0) is 30.8. The maximum absolute atomic E-state index is 13.8. The van der Waals surface area contributed by atoms with E-state index in [9.17, 15) is 26.3 Å². The molecule has 5 rings (SSSR count). The molecule has 0 bridgehead atoms. The van der Waals surface area contributed by atoms with E-state index in [1.54, 1.807) is 24.3 Å². The first-order chi connectivity index (χ1) is 20.4. The molecule has 1 atom stereocenters. The molecule has 1 unspecified atom stereocenters. The quantitative estimate of drug-likeness (QED) is 0.121. The number of rotatable bonds is 6. The fourth-order valence-corrected chi connectivity index (χ4v) is 5.45. The highest BCUT2D eigenvalue weighted by Crippen LogP contribution is 2.43. The van der Waals surface area contributed by atoms with Gasteiger partial charge in [0.05, 0.1) is 28.2 Å². The maximum Gasteiger partial charge on any atom is 0.573 e. The van der Waals surface area contributed by atoms with Crippen molar-refractivity contribution in [3.05, 3.63) is 89.2 Å². The van der Waals surface area contributed by atoms with Crippen LogP contribution in [0.25, 0.3) is 17.1 Å². The van der Waals surface area contributed by atoms with Crippen LogP contribution >= 0.6 is 23.4 Å². The van der Waals surface area contributed by atoms with E-state index in [1.165, 1.54) is 70.3 Å². The van der Waals surface area contributed by atoms with Gasteiger partial charge in [0, 0.05) is 17.9 Å². The van der Waals surface area contributed by atoms with Gasteiger partial charge in [0.15, 0.2) is 11.0 Å². The molecule has 0 spiro atoms. The van der Waals surface area contributed by atoms with Crippen molar-refractivity contribution in [2.24, 2.45) is 16.1 Å². The Hall–Kier alpha value is -4.04. The number of amidine groups is 1. The molecule has 7 nitrogen and oxygen atoms in total. The summed E-state index contributed by atoms with van der Waals surface area (Å²) >= 11 is 7.54. The smallest absolute Gasteiger partial charge is 0.406 e. The lowest BCUT2D eigenvalue weighted by Crippen LogP contribution is -2.39. The summed E-state index contributed by atoms with van der Waals surface area (Å²) in [4.78, 5) is 5.72. The van der Waals surface area contributed by atoms with Crippen LogP contribution in [-0.4, -0.2) is 44.8 Å². The third-order valence-corrected chi connectivity index (χ3v) is 7.73. The Morgan fingerprint density at radius 3 is 2.40 bits per heavy atom. The van der Waals surface area contributed by atoms with Crippen LogP contribution in [0.3, 0.4) is 0 Å². The zero-order valence-corrected chi connectivity index (χ0v) is 23.7. The Morgan fingerprint density at radius 2 is 1.72 bits per heavy atom. The van der Waals surface area contributed by atoms with Gasteiger partial charge in [-0.2, -0.15) is 18.3 Å². The summed E-state index contributed by atoms with van der Waals surface area (Å²) in [5, 5.41) is 13.0. The Balaban J connectivity index is 1.31. The molecule has 15 heteroatoms. The van der Waals surface area contributed by atoms with E-state index < -0.39 is 18.1 Å². The number of aromatic nitrogens is 3. The first kappa shape index (κ1) is 30.4. The SMILES string of the molecule is CC1CS/C(=N\N=C\c2ccc(-c3ncn(-c4ccc(OC(F)(F)F)cc4)n3)cc2)N(c2c(Cl)cccc2C(F)(F)F)C1. The molecule has 224 valence electrons. The molecule has 0 aliphatic carbocycles. The molecule has 1 fully saturated rings.